The summed E-state index contributed by atoms with van der Waals surface area (Å²) in [6.45, 7) is 2.66. The molecule has 1 aromatic carbocycles. The van der Waals surface area contributed by atoms with Crippen molar-refractivity contribution in [2.24, 2.45) is 11.7 Å². The molecule has 1 saturated carbocycles. The standard InChI is InChI=1S/C18H19F2N3O3/c1-8-5-22(7-13(8)21)16-12(19)4-10-15(14(16)20)23(9-2-3-9)6-11(17(10)24)18(25)26/h4,6,8-9,13H,2-3,5,7,21H2,1H3,(H,25,26). The van der Waals surface area contributed by atoms with Gasteiger partial charge in [-0.1, -0.05) is 6.92 Å². The van der Waals surface area contributed by atoms with Gasteiger partial charge in [0.05, 0.1) is 10.9 Å². The first-order valence-electron chi connectivity index (χ1n) is 8.60. The molecule has 1 aliphatic heterocycles. The molecule has 0 spiro atoms. The Kier molecular flexibility index (Phi) is 3.76. The molecule has 2 heterocycles. The zero-order chi connectivity index (χ0) is 18.7. The number of anilines is 1. The van der Waals surface area contributed by atoms with Crippen LogP contribution in [-0.2, 0) is 0 Å². The van der Waals surface area contributed by atoms with E-state index in [2.05, 4.69) is 0 Å². The van der Waals surface area contributed by atoms with E-state index >= 15 is 4.39 Å². The Morgan fingerprint density at radius 3 is 2.54 bits per heavy atom. The second kappa shape index (κ2) is 5.77. The van der Waals surface area contributed by atoms with Gasteiger partial charge in [-0.25, -0.2) is 13.6 Å². The molecule has 138 valence electrons. The van der Waals surface area contributed by atoms with Crippen LogP contribution in [0.3, 0.4) is 0 Å². The zero-order valence-electron chi connectivity index (χ0n) is 14.2. The van der Waals surface area contributed by atoms with Crippen LogP contribution in [0.5, 0.6) is 0 Å². The molecule has 2 atom stereocenters. The molecule has 2 fully saturated rings. The van der Waals surface area contributed by atoms with E-state index in [0.29, 0.717) is 13.1 Å². The number of hydrogen-bond donors (Lipinski definition) is 2. The lowest BCUT2D eigenvalue weighted by atomic mass is 10.1. The molecule has 26 heavy (non-hydrogen) atoms. The van der Waals surface area contributed by atoms with Gasteiger partial charge < -0.3 is 20.3 Å². The van der Waals surface area contributed by atoms with E-state index in [4.69, 9.17) is 5.73 Å². The lowest BCUT2D eigenvalue weighted by molar-refractivity contribution is 0.0695. The molecule has 2 aliphatic rings. The average molecular weight is 363 g/mol. The van der Waals surface area contributed by atoms with Gasteiger partial charge in [-0.15, -0.1) is 0 Å². The molecule has 3 N–H and O–H groups in total. The Bertz CT molecular complexity index is 974. The molecule has 6 nitrogen and oxygen atoms in total. The number of carboxylic acid groups (broad SMARTS) is 1. The van der Waals surface area contributed by atoms with E-state index in [1.165, 1.54) is 10.8 Å². The summed E-state index contributed by atoms with van der Waals surface area (Å²) in [4.78, 5) is 25.4. The van der Waals surface area contributed by atoms with Crippen LogP contribution in [0, 0.1) is 17.6 Å². The SMILES string of the molecule is CC1CN(c2c(F)cc3c(=O)c(C(=O)O)cn(C4CC4)c3c2F)CC1N. The molecule has 4 rings (SSSR count). The van der Waals surface area contributed by atoms with Gasteiger partial charge in [-0.3, -0.25) is 4.79 Å². The molecule has 0 radical (unpaired) electrons. The lowest BCUT2D eigenvalue weighted by Crippen LogP contribution is -2.29. The van der Waals surface area contributed by atoms with Crippen molar-refractivity contribution in [3.8, 4) is 0 Å². The molecule has 2 aromatic rings. The fourth-order valence-corrected chi connectivity index (χ4v) is 3.69. The highest BCUT2D eigenvalue weighted by atomic mass is 19.1. The summed E-state index contributed by atoms with van der Waals surface area (Å²) in [5.74, 6) is -3.03. The average Bonchev–Trinajstić information content (AvgIpc) is 3.35. The second-order valence-electron chi connectivity index (χ2n) is 7.28. The Morgan fingerprint density at radius 2 is 2.00 bits per heavy atom. The van der Waals surface area contributed by atoms with Crippen LogP contribution in [0.25, 0.3) is 10.9 Å². The van der Waals surface area contributed by atoms with Crippen molar-refractivity contribution in [1.82, 2.24) is 4.57 Å². The number of aromatic nitrogens is 1. The summed E-state index contributed by atoms with van der Waals surface area (Å²) in [6, 6.07) is 0.684. The van der Waals surface area contributed by atoms with Crippen LogP contribution in [0.15, 0.2) is 17.1 Å². The van der Waals surface area contributed by atoms with E-state index in [1.54, 1.807) is 4.90 Å². The minimum absolute atomic E-state index is 0.0352. The summed E-state index contributed by atoms with van der Waals surface area (Å²) in [6.07, 6.45) is 2.69. The number of aromatic carboxylic acids is 1. The van der Waals surface area contributed by atoms with Gasteiger partial charge in [0.15, 0.2) is 5.82 Å². The third-order valence-corrected chi connectivity index (χ3v) is 5.34. The molecule has 0 bridgehead atoms. The minimum atomic E-state index is -1.41. The summed E-state index contributed by atoms with van der Waals surface area (Å²) in [5, 5.41) is 9.01. The number of benzene rings is 1. The predicted octanol–water partition coefficient (Wildman–Crippen LogP) is 2.10. The number of rotatable bonds is 3. The Labute approximate surface area is 147 Å². The van der Waals surface area contributed by atoms with Crippen LogP contribution in [0.1, 0.15) is 36.2 Å². The molecule has 0 amide bonds. The molecular formula is C18H19F2N3O3. The Hall–Kier alpha value is -2.48. The van der Waals surface area contributed by atoms with Crippen LogP contribution in [0.2, 0.25) is 0 Å². The normalized spacial score (nSPS) is 23.0. The fraction of sp³-hybridized carbons (Fsp3) is 0.444. The van der Waals surface area contributed by atoms with E-state index in [0.717, 1.165) is 18.9 Å². The van der Waals surface area contributed by atoms with Gasteiger partial charge in [0.1, 0.15) is 17.1 Å². The van der Waals surface area contributed by atoms with Gasteiger partial charge in [-0.2, -0.15) is 0 Å². The summed E-state index contributed by atoms with van der Waals surface area (Å²) in [5.41, 5.74) is 4.39. The number of nitrogens with two attached hydrogens (primary N) is 1. The fourth-order valence-electron chi connectivity index (χ4n) is 3.69. The largest absolute Gasteiger partial charge is 0.477 e. The van der Waals surface area contributed by atoms with Crippen molar-refractivity contribution < 1.29 is 18.7 Å². The first-order valence-corrected chi connectivity index (χ1v) is 8.60. The van der Waals surface area contributed by atoms with Crippen molar-refractivity contribution in [1.29, 1.82) is 0 Å². The van der Waals surface area contributed by atoms with Crippen LogP contribution in [0.4, 0.5) is 14.5 Å². The van der Waals surface area contributed by atoms with Gasteiger partial charge in [-0.05, 0) is 24.8 Å². The van der Waals surface area contributed by atoms with Crippen molar-refractivity contribution >= 4 is 22.6 Å². The quantitative estimate of drug-likeness (QED) is 0.872. The molecule has 1 aromatic heterocycles. The first kappa shape index (κ1) is 17.0. The smallest absolute Gasteiger partial charge is 0.341 e. The Morgan fingerprint density at radius 1 is 1.31 bits per heavy atom. The number of halogens is 2. The van der Waals surface area contributed by atoms with Gasteiger partial charge in [0, 0.05) is 31.4 Å². The van der Waals surface area contributed by atoms with E-state index < -0.39 is 28.6 Å². The zero-order valence-corrected chi connectivity index (χ0v) is 14.2. The summed E-state index contributed by atoms with van der Waals surface area (Å²) < 4.78 is 31.6. The molecule has 8 heteroatoms. The monoisotopic (exact) mass is 363 g/mol. The predicted molar refractivity (Wildman–Crippen MR) is 92.7 cm³/mol. The second-order valence-corrected chi connectivity index (χ2v) is 7.28. The van der Waals surface area contributed by atoms with Gasteiger partial charge >= 0.3 is 5.97 Å². The maximum atomic E-state index is 15.4. The Balaban J connectivity index is 2.00. The van der Waals surface area contributed by atoms with Crippen molar-refractivity contribution in [3.05, 3.63) is 39.7 Å². The van der Waals surface area contributed by atoms with E-state index in [9.17, 15) is 19.1 Å². The lowest BCUT2D eigenvalue weighted by Gasteiger charge is -2.22. The number of pyridine rings is 1. The number of carboxylic acids is 1. The number of carbonyl (C=O) groups is 1. The number of fused-ring (bicyclic) bond motifs is 1. The minimum Gasteiger partial charge on any atom is -0.477 e. The van der Waals surface area contributed by atoms with Crippen LogP contribution < -0.4 is 16.1 Å². The van der Waals surface area contributed by atoms with Crippen molar-refractivity contribution in [2.45, 2.75) is 31.8 Å². The maximum Gasteiger partial charge on any atom is 0.341 e. The summed E-state index contributed by atoms with van der Waals surface area (Å²) >= 11 is 0. The first-order chi connectivity index (χ1) is 12.3. The highest BCUT2D eigenvalue weighted by molar-refractivity contribution is 5.94. The van der Waals surface area contributed by atoms with Gasteiger partial charge in [0.25, 0.3) is 0 Å². The summed E-state index contributed by atoms with van der Waals surface area (Å²) in [7, 11) is 0. The maximum absolute atomic E-state index is 15.4. The van der Waals surface area contributed by atoms with Crippen LogP contribution in [-0.4, -0.2) is 34.8 Å². The van der Waals surface area contributed by atoms with E-state index in [-0.39, 0.29) is 34.6 Å². The van der Waals surface area contributed by atoms with E-state index in [1.807, 2.05) is 6.92 Å². The molecule has 1 saturated heterocycles. The molecule has 2 unspecified atom stereocenters. The van der Waals surface area contributed by atoms with Gasteiger partial charge in [0.2, 0.25) is 5.43 Å². The number of nitrogens with zero attached hydrogens (tertiary/aromatic N) is 2. The third-order valence-electron chi connectivity index (χ3n) is 5.34. The van der Waals surface area contributed by atoms with Crippen LogP contribution >= 0.6 is 0 Å². The number of hydrogen-bond acceptors (Lipinski definition) is 4. The molecular weight excluding hydrogens is 344 g/mol. The van der Waals surface area contributed by atoms with Crippen molar-refractivity contribution in [2.75, 3.05) is 18.0 Å². The molecule has 1 aliphatic carbocycles. The highest BCUT2D eigenvalue weighted by Gasteiger charge is 2.34. The third kappa shape index (κ3) is 2.47. The van der Waals surface area contributed by atoms with Crippen molar-refractivity contribution in [3.63, 3.8) is 0 Å². The highest BCUT2D eigenvalue weighted by Crippen LogP contribution is 2.40. The topological polar surface area (TPSA) is 88.6 Å².